The van der Waals surface area contributed by atoms with Crippen LogP contribution in [0.5, 0.6) is 5.75 Å². The van der Waals surface area contributed by atoms with Gasteiger partial charge in [-0.15, -0.1) is 0 Å². The Labute approximate surface area is 167 Å². The summed E-state index contributed by atoms with van der Waals surface area (Å²) in [5.41, 5.74) is 2.04. The third-order valence-electron chi connectivity index (χ3n) is 5.40. The molecule has 0 fully saturated rings. The van der Waals surface area contributed by atoms with Crippen molar-refractivity contribution in [3.8, 4) is 5.75 Å². The lowest BCUT2D eigenvalue weighted by Gasteiger charge is -2.36. The SMILES string of the molecule is O=[N+]([O-])c1ccc(C2(c3ccccc3)C=Cc3c(ccc4ccccc34)O2)cc1. The van der Waals surface area contributed by atoms with Gasteiger partial charge in [-0.05, 0) is 41.1 Å². The summed E-state index contributed by atoms with van der Waals surface area (Å²) in [4.78, 5) is 10.7. The highest BCUT2D eigenvalue weighted by Crippen LogP contribution is 2.44. The number of benzene rings is 4. The number of nitro benzene ring substituents is 1. The van der Waals surface area contributed by atoms with Crippen molar-refractivity contribution in [1.82, 2.24) is 0 Å². The average Bonchev–Trinajstić information content (AvgIpc) is 2.79. The van der Waals surface area contributed by atoms with E-state index in [1.165, 1.54) is 12.1 Å². The van der Waals surface area contributed by atoms with Gasteiger partial charge < -0.3 is 4.74 Å². The van der Waals surface area contributed by atoms with Crippen LogP contribution in [0.4, 0.5) is 5.69 Å². The van der Waals surface area contributed by atoms with E-state index in [1.807, 2.05) is 54.6 Å². The van der Waals surface area contributed by atoms with E-state index in [1.54, 1.807) is 12.1 Å². The topological polar surface area (TPSA) is 52.4 Å². The fourth-order valence-electron chi connectivity index (χ4n) is 3.94. The standard InChI is InChI=1S/C25H17NO3/c27-26(28)21-13-11-20(12-14-21)25(19-7-2-1-3-8-19)17-16-23-22-9-5-4-6-18(22)10-15-24(23)29-25/h1-17H. The first-order chi connectivity index (χ1) is 14.2. The largest absolute Gasteiger partial charge is 0.473 e. The zero-order valence-corrected chi connectivity index (χ0v) is 15.5. The van der Waals surface area contributed by atoms with Gasteiger partial charge in [-0.3, -0.25) is 10.1 Å². The fourth-order valence-corrected chi connectivity index (χ4v) is 3.94. The van der Waals surface area contributed by atoms with Crippen molar-refractivity contribution < 1.29 is 9.66 Å². The highest BCUT2D eigenvalue weighted by molar-refractivity contribution is 5.94. The van der Waals surface area contributed by atoms with E-state index in [0.717, 1.165) is 33.2 Å². The van der Waals surface area contributed by atoms with E-state index in [0.29, 0.717) is 0 Å². The van der Waals surface area contributed by atoms with Crippen molar-refractivity contribution in [2.75, 3.05) is 0 Å². The molecule has 4 aromatic carbocycles. The molecule has 0 N–H and O–H groups in total. The number of hydrogen-bond donors (Lipinski definition) is 0. The smallest absolute Gasteiger partial charge is 0.269 e. The Morgan fingerprint density at radius 3 is 2.21 bits per heavy atom. The first kappa shape index (κ1) is 17.2. The lowest BCUT2D eigenvalue weighted by atomic mass is 9.83. The highest BCUT2D eigenvalue weighted by Gasteiger charge is 2.37. The zero-order chi connectivity index (χ0) is 19.8. The highest BCUT2D eigenvalue weighted by atomic mass is 16.6. The van der Waals surface area contributed by atoms with Crippen LogP contribution in [0.15, 0.2) is 97.1 Å². The molecule has 4 aromatic rings. The van der Waals surface area contributed by atoms with Crippen molar-refractivity contribution in [2.45, 2.75) is 5.60 Å². The molecule has 4 nitrogen and oxygen atoms in total. The minimum absolute atomic E-state index is 0.0585. The van der Waals surface area contributed by atoms with Crippen LogP contribution in [0.2, 0.25) is 0 Å². The molecule has 0 amide bonds. The van der Waals surface area contributed by atoms with Gasteiger partial charge in [0.2, 0.25) is 0 Å². The minimum atomic E-state index is -0.855. The van der Waals surface area contributed by atoms with Crippen molar-refractivity contribution in [3.63, 3.8) is 0 Å². The molecule has 0 aliphatic carbocycles. The summed E-state index contributed by atoms with van der Waals surface area (Å²) in [6.07, 6.45) is 4.13. The van der Waals surface area contributed by atoms with E-state index in [9.17, 15) is 10.1 Å². The quantitative estimate of drug-likeness (QED) is 0.319. The maximum atomic E-state index is 11.1. The number of fused-ring (bicyclic) bond motifs is 3. The summed E-state index contributed by atoms with van der Waals surface area (Å²) in [6, 6.07) is 28.7. The van der Waals surface area contributed by atoms with Gasteiger partial charge in [0.25, 0.3) is 5.69 Å². The molecule has 0 aromatic heterocycles. The second kappa shape index (κ2) is 6.60. The molecule has 0 bridgehead atoms. The van der Waals surface area contributed by atoms with E-state index in [4.69, 9.17) is 4.74 Å². The average molecular weight is 379 g/mol. The van der Waals surface area contributed by atoms with Crippen LogP contribution in [0.3, 0.4) is 0 Å². The molecule has 0 spiro atoms. The molecule has 1 aliphatic rings. The first-order valence-corrected chi connectivity index (χ1v) is 9.38. The van der Waals surface area contributed by atoms with Crippen molar-refractivity contribution in [1.29, 1.82) is 0 Å². The van der Waals surface area contributed by atoms with Crippen LogP contribution in [-0.4, -0.2) is 4.92 Å². The van der Waals surface area contributed by atoms with Crippen LogP contribution in [0.1, 0.15) is 16.7 Å². The number of ether oxygens (including phenoxy) is 1. The van der Waals surface area contributed by atoms with E-state index in [2.05, 4.69) is 24.3 Å². The zero-order valence-electron chi connectivity index (χ0n) is 15.5. The normalized spacial score (nSPS) is 17.5. The van der Waals surface area contributed by atoms with E-state index >= 15 is 0 Å². The molecule has 1 aliphatic heterocycles. The third kappa shape index (κ3) is 2.77. The Kier molecular flexibility index (Phi) is 3.91. The number of hydrogen-bond acceptors (Lipinski definition) is 3. The number of nitro groups is 1. The molecule has 1 atom stereocenters. The lowest BCUT2D eigenvalue weighted by Crippen LogP contribution is -2.34. The number of nitrogens with zero attached hydrogens (tertiary/aromatic N) is 1. The van der Waals surface area contributed by atoms with Crippen LogP contribution in [0, 0.1) is 10.1 Å². The third-order valence-corrected chi connectivity index (χ3v) is 5.40. The van der Waals surface area contributed by atoms with Gasteiger partial charge in [0.05, 0.1) is 4.92 Å². The molecule has 1 unspecified atom stereocenters. The van der Waals surface area contributed by atoms with Gasteiger partial charge in [0.1, 0.15) is 5.75 Å². The summed E-state index contributed by atoms with van der Waals surface area (Å²) < 4.78 is 6.64. The maximum Gasteiger partial charge on any atom is 0.269 e. The van der Waals surface area contributed by atoms with Crippen LogP contribution in [0.25, 0.3) is 16.8 Å². The second-order valence-corrected chi connectivity index (χ2v) is 7.04. The summed E-state index contributed by atoms with van der Waals surface area (Å²) in [5.74, 6) is 0.786. The summed E-state index contributed by atoms with van der Waals surface area (Å²) in [5, 5.41) is 13.4. The lowest BCUT2D eigenvalue weighted by molar-refractivity contribution is -0.384. The Morgan fingerprint density at radius 1 is 0.759 bits per heavy atom. The second-order valence-electron chi connectivity index (χ2n) is 7.04. The summed E-state index contributed by atoms with van der Waals surface area (Å²) in [6.45, 7) is 0. The predicted molar refractivity (Wildman–Crippen MR) is 114 cm³/mol. The first-order valence-electron chi connectivity index (χ1n) is 9.38. The Morgan fingerprint density at radius 2 is 1.45 bits per heavy atom. The fraction of sp³-hybridized carbons (Fsp3) is 0.0400. The predicted octanol–water partition coefficient (Wildman–Crippen LogP) is 6.10. The van der Waals surface area contributed by atoms with Gasteiger partial charge >= 0.3 is 0 Å². The minimum Gasteiger partial charge on any atom is -0.473 e. The number of rotatable bonds is 3. The number of non-ortho nitro benzene ring substituents is 1. The summed E-state index contributed by atoms with van der Waals surface area (Å²) in [7, 11) is 0. The Balaban J connectivity index is 1.70. The van der Waals surface area contributed by atoms with Gasteiger partial charge in [0, 0.05) is 28.8 Å². The summed E-state index contributed by atoms with van der Waals surface area (Å²) >= 11 is 0. The van der Waals surface area contributed by atoms with Crippen molar-refractivity contribution in [3.05, 3.63) is 124 Å². The van der Waals surface area contributed by atoms with Crippen LogP contribution >= 0.6 is 0 Å². The molecule has 1 heterocycles. The molecule has 140 valence electrons. The molecule has 0 saturated carbocycles. The van der Waals surface area contributed by atoms with E-state index < -0.39 is 10.5 Å². The molecule has 0 saturated heterocycles. The molecule has 0 radical (unpaired) electrons. The monoisotopic (exact) mass is 379 g/mol. The molecule has 29 heavy (non-hydrogen) atoms. The molecule has 5 rings (SSSR count). The van der Waals surface area contributed by atoms with Crippen LogP contribution in [-0.2, 0) is 5.60 Å². The molecular weight excluding hydrogens is 362 g/mol. The van der Waals surface area contributed by atoms with E-state index in [-0.39, 0.29) is 5.69 Å². The van der Waals surface area contributed by atoms with Gasteiger partial charge in [-0.2, -0.15) is 0 Å². The molecular formula is C25H17NO3. The van der Waals surface area contributed by atoms with Gasteiger partial charge in [-0.1, -0.05) is 60.7 Å². The van der Waals surface area contributed by atoms with Gasteiger partial charge in [0.15, 0.2) is 5.60 Å². The Hall–Kier alpha value is -3.92. The Bertz CT molecular complexity index is 1250. The van der Waals surface area contributed by atoms with Crippen molar-refractivity contribution in [2.24, 2.45) is 0 Å². The van der Waals surface area contributed by atoms with Gasteiger partial charge in [-0.25, -0.2) is 0 Å². The van der Waals surface area contributed by atoms with Crippen molar-refractivity contribution >= 4 is 22.5 Å². The molecule has 4 heteroatoms. The van der Waals surface area contributed by atoms with Crippen LogP contribution < -0.4 is 4.74 Å². The maximum absolute atomic E-state index is 11.1.